The molecule has 0 unspecified atom stereocenters. The zero-order chi connectivity index (χ0) is 8.59. The minimum atomic E-state index is 0.480. The Labute approximate surface area is 78.5 Å². The molecular formula is C7H7BrClNO. The molecule has 0 aliphatic rings. The molecule has 1 aromatic rings. The lowest BCUT2D eigenvalue weighted by molar-refractivity contribution is -0.618. The number of pyridine rings is 1. The third-order valence-electron chi connectivity index (χ3n) is 1.49. The van der Waals surface area contributed by atoms with Gasteiger partial charge in [-0.05, 0) is 13.8 Å². The molecule has 1 rings (SSSR count). The van der Waals surface area contributed by atoms with E-state index in [4.69, 9.17) is 11.6 Å². The van der Waals surface area contributed by atoms with Crippen LogP contribution in [0.5, 0.6) is 0 Å². The molecule has 2 nitrogen and oxygen atoms in total. The normalized spacial score (nSPS) is 10.2. The number of hydrogen-bond donors (Lipinski definition) is 0. The van der Waals surface area contributed by atoms with Gasteiger partial charge in [0.15, 0.2) is 6.20 Å². The van der Waals surface area contributed by atoms with Crippen molar-refractivity contribution in [2.75, 3.05) is 0 Å². The first-order chi connectivity index (χ1) is 5.04. The van der Waals surface area contributed by atoms with Gasteiger partial charge in [-0.3, -0.25) is 0 Å². The second kappa shape index (κ2) is 2.99. The van der Waals surface area contributed by atoms with Crippen LogP contribution in [0.3, 0.4) is 0 Å². The van der Waals surface area contributed by atoms with E-state index in [1.54, 1.807) is 13.8 Å². The third-order valence-corrected chi connectivity index (χ3v) is 3.02. The van der Waals surface area contributed by atoms with Crippen molar-refractivity contribution in [2.24, 2.45) is 0 Å². The molecule has 0 atom stereocenters. The Bertz CT molecular complexity index is 275. The molecule has 0 N–H and O–H groups in total. The highest BCUT2D eigenvalue weighted by molar-refractivity contribution is 9.10. The van der Waals surface area contributed by atoms with Crippen molar-refractivity contribution < 1.29 is 4.73 Å². The van der Waals surface area contributed by atoms with E-state index in [0.29, 0.717) is 9.63 Å². The summed E-state index contributed by atoms with van der Waals surface area (Å²) in [4.78, 5) is 0. The predicted molar refractivity (Wildman–Crippen MR) is 47.6 cm³/mol. The van der Waals surface area contributed by atoms with Crippen LogP contribution in [-0.2, 0) is 0 Å². The van der Waals surface area contributed by atoms with Crippen LogP contribution in [0, 0.1) is 19.1 Å². The Balaban J connectivity index is 3.46. The van der Waals surface area contributed by atoms with Crippen LogP contribution in [0.2, 0.25) is 5.02 Å². The molecule has 0 fully saturated rings. The van der Waals surface area contributed by atoms with E-state index >= 15 is 0 Å². The summed E-state index contributed by atoms with van der Waals surface area (Å²) in [5, 5.41) is 11.7. The molecule has 1 aromatic heterocycles. The topological polar surface area (TPSA) is 26.9 Å². The van der Waals surface area contributed by atoms with Crippen LogP contribution < -0.4 is 4.73 Å². The maximum Gasteiger partial charge on any atom is 0.263 e. The van der Waals surface area contributed by atoms with Crippen molar-refractivity contribution in [1.29, 1.82) is 0 Å². The van der Waals surface area contributed by atoms with Gasteiger partial charge in [-0.25, -0.2) is 0 Å². The summed E-state index contributed by atoms with van der Waals surface area (Å²) in [6.07, 6.45) is 1.44. The summed E-state index contributed by atoms with van der Waals surface area (Å²) in [6.45, 7) is 3.60. The molecule has 0 aromatic carbocycles. The zero-order valence-electron chi connectivity index (χ0n) is 6.19. The van der Waals surface area contributed by atoms with Gasteiger partial charge in [0.25, 0.3) is 4.60 Å². The van der Waals surface area contributed by atoms with E-state index in [2.05, 4.69) is 15.9 Å². The number of rotatable bonds is 0. The Morgan fingerprint density at radius 2 is 2.09 bits per heavy atom. The SMILES string of the molecule is Cc1c[n+]([O-])c(Br)c(C)c1Cl. The summed E-state index contributed by atoms with van der Waals surface area (Å²) in [5.41, 5.74) is 1.57. The summed E-state index contributed by atoms with van der Waals surface area (Å²) in [5.74, 6) is 0. The highest BCUT2D eigenvalue weighted by Crippen LogP contribution is 2.23. The molecule has 0 saturated carbocycles. The zero-order valence-corrected chi connectivity index (χ0v) is 8.53. The Morgan fingerprint density at radius 1 is 1.55 bits per heavy atom. The molecule has 4 heteroatoms. The standard InChI is InChI=1S/C7H7BrClNO/c1-4-3-10(11)7(8)5(2)6(4)9/h3H,1-2H3. The van der Waals surface area contributed by atoms with E-state index in [1.807, 2.05) is 0 Å². The molecule has 0 radical (unpaired) electrons. The number of hydrogen-bond acceptors (Lipinski definition) is 1. The van der Waals surface area contributed by atoms with E-state index in [9.17, 15) is 5.21 Å². The Hall–Kier alpha value is -0.280. The fraction of sp³-hybridized carbons (Fsp3) is 0.286. The molecule has 0 aliphatic heterocycles. The highest BCUT2D eigenvalue weighted by atomic mass is 79.9. The van der Waals surface area contributed by atoms with E-state index in [1.165, 1.54) is 6.20 Å². The first-order valence-electron chi connectivity index (χ1n) is 3.08. The van der Waals surface area contributed by atoms with Gasteiger partial charge >= 0.3 is 0 Å². The van der Waals surface area contributed by atoms with Gasteiger partial charge in [0.1, 0.15) is 0 Å². The average molecular weight is 236 g/mol. The van der Waals surface area contributed by atoms with E-state index in [0.717, 1.165) is 15.9 Å². The van der Waals surface area contributed by atoms with Crippen molar-refractivity contribution in [1.82, 2.24) is 0 Å². The summed E-state index contributed by atoms with van der Waals surface area (Å²) >= 11 is 9.00. The molecule has 0 aliphatic carbocycles. The number of aromatic nitrogens is 1. The molecule has 60 valence electrons. The van der Waals surface area contributed by atoms with Crippen molar-refractivity contribution >= 4 is 27.5 Å². The summed E-state index contributed by atoms with van der Waals surface area (Å²) in [7, 11) is 0. The number of halogens is 2. The van der Waals surface area contributed by atoms with Crippen molar-refractivity contribution in [3.8, 4) is 0 Å². The molecule has 11 heavy (non-hydrogen) atoms. The number of aryl methyl sites for hydroxylation is 1. The minimum Gasteiger partial charge on any atom is -0.618 e. The van der Waals surface area contributed by atoms with Gasteiger partial charge < -0.3 is 5.21 Å². The molecular weight excluding hydrogens is 229 g/mol. The maximum atomic E-state index is 11.0. The highest BCUT2D eigenvalue weighted by Gasteiger charge is 2.11. The van der Waals surface area contributed by atoms with Gasteiger partial charge in [-0.2, -0.15) is 4.73 Å². The van der Waals surface area contributed by atoms with Crippen LogP contribution in [0.25, 0.3) is 0 Å². The van der Waals surface area contributed by atoms with Gasteiger partial charge in [-0.15, -0.1) is 0 Å². The lowest BCUT2D eigenvalue weighted by Crippen LogP contribution is -2.28. The Morgan fingerprint density at radius 3 is 2.64 bits per heavy atom. The lowest BCUT2D eigenvalue weighted by Gasteiger charge is -2.05. The van der Waals surface area contributed by atoms with Crippen LogP contribution in [0.1, 0.15) is 11.1 Å². The maximum absolute atomic E-state index is 11.0. The average Bonchev–Trinajstić information content (AvgIpc) is 1.97. The van der Waals surface area contributed by atoms with Gasteiger partial charge in [0.2, 0.25) is 0 Å². The third kappa shape index (κ3) is 1.49. The minimum absolute atomic E-state index is 0.480. The lowest BCUT2D eigenvalue weighted by atomic mass is 10.2. The first-order valence-corrected chi connectivity index (χ1v) is 4.25. The molecule has 1 heterocycles. The van der Waals surface area contributed by atoms with Crippen molar-refractivity contribution in [2.45, 2.75) is 13.8 Å². The molecule has 0 spiro atoms. The van der Waals surface area contributed by atoms with Crippen LogP contribution in [0.4, 0.5) is 0 Å². The van der Waals surface area contributed by atoms with Crippen molar-refractivity contribution in [3.05, 3.63) is 32.2 Å². The van der Waals surface area contributed by atoms with E-state index < -0.39 is 0 Å². The van der Waals surface area contributed by atoms with Gasteiger partial charge in [0.05, 0.1) is 5.02 Å². The summed E-state index contributed by atoms with van der Waals surface area (Å²) in [6, 6.07) is 0. The molecule has 0 saturated heterocycles. The molecule has 0 bridgehead atoms. The molecule has 0 amide bonds. The Kier molecular flexibility index (Phi) is 2.40. The predicted octanol–water partition coefficient (Wildman–Crippen LogP) is 2.35. The van der Waals surface area contributed by atoms with Crippen LogP contribution in [-0.4, -0.2) is 0 Å². The quantitative estimate of drug-likeness (QED) is 0.386. The monoisotopic (exact) mass is 235 g/mol. The van der Waals surface area contributed by atoms with Crippen molar-refractivity contribution in [3.63, 3.8) is 0 Å². The van der Waals surface area contributed by atoms with Gasteiger partial charge in [0, 0.05) is 27.1 Å². The smallest absolute Gasteiger partial charge is 0.263 e. The van der Waals surface area contributed by atoms with Crippen LogP contribution >= 0.6 is 27.5 Å². The second-order valence-electron chi connectivity index (χ2n) is 2.37. The van der Waals surface area contributed by atoms with Gasteiger partial charge in [-0.1, -0.05) is 11.6 Å². The fourth-order valence-corrected chi connectivity index (χ4v) is 1.39. The first kappa shape index (κ1) is 8.81. The number of nitrogens with zero attached hydrogens (tertiary/aromatic N) is 1. The summed E-state index contributed by atoms with van der Waals surface area (Å²) < 4.78 is 1.24. The largest absolute Gasteiger partial charge is 0.618 e. The fourth-order valence-electron chi connectivity index (χ4n) is 0.841. The van der Waals surface area contributed by atoms with Crippen LogP contribution in [0.15, 0.2) is 10.8 Å². The second-order valence-corrected chi connectivity index (χ2v) is 3.50. The van der Waals surface area contributed by atoms with E-state index in [-0.39, 0.29) is 0 Å².